The van der Waals surface area contributed by atoms with Gasteiger partial charge in [-0.2, -0.15) is 4.31 Å². The molecule has 0 bridgehead atoms. The minimum Gasteiger partial charge on any atom is -0.395 e. The van der Waals surface area contributed by atoms with Gasteiger partial charge in [0.05, 0.1) is 11.5 Å². The molecule has 20 heavy (non-hydrogen) atoms. The molecule has 1 aromatic carbocycles. The molecule has 0 aromatic heterocycles. The fourth-order valence-corrected chi connectivity index (χ4v) is 4.16. The van der Waals surface area contributed by atoms with Crippen molar-refractivity contribution in [3.05, 3.63) is 29.3 Å². The third-order valence-corrected chi connectivity index (χ3v) is 5.51. The van der Waals surface area contributed by atoms with Crippen molar-refractivity contribution in [2.24, 2.45) is 5.73 Å². The number of rotatable bonds is 6. The molecule has 3 N–H and O–H groups in total. The first-order chi connectivity index (χ1) is 9.37. The Morgan fingerprint density at radius 1 is 1.50 bits per heavy atom. The Balaban J connectivity index is 2.38. The summed E-state index contributed by atoms with van der Waals surface area (Å²) < 4.78 is 26.6. The zero-order valence-electron chi connectivity index (χ0n) is 11.2. The summed E-state index contributed by atoms with van der Waals surface area (Å²) in [6.07, 6.45) is 1.70. The van der Waals surface area contributed by atoms with Crippen molar-refractivity contribution in [3.8, 4) is 0 Å². The Morgan fingerprint density at radius 2 is 2.15 bits per heavy atom. The molecule has 1 saturated carbocycles. The number of sulfonamides is 1. The van der Waals surface area contributed by atoms with Crippen LogP contribution >= 0.6 is 12.2 Å². The van der Waals surface area contributed by atoms with Crippen LogP contribution < -0.4 is 5.73 Å². The molecule has 0 amide bonds. The van der Waals surface area contributed by atoms with E-state index in [1.807, 2.05) is 0 Å². The topological polar surface area (TPSA) is 83.6 Å². The predicted molar refractivity (Wildman–Crippen MR) is 81.1 cm³/mol. The van der Waals surface area contributed by atoms with E-state index in [-0.39, 0.29) is 29.1 Å². The van der Waals surface area contributed by atoms with E-state index in [0.29, 0.717) is 5.56 Å². The first-order valence-electron chi connectivity index (χ1n) is 6.41. The van der Waals surface area contributed by atoms with E-state index in [9.17, 15) is 8.42 Å². The van der Waals surface area contributed by atoms with Crippen molar-refractivity contribution >= 4 is 27.2 Å². The number of hydrogen-bond donors (Lipinski definition) is 2. The normalized spacial score (nSPS) is 15.6. The second-order valence-corrected chi connectivity index (χ2v) is 7.24. The number of nitrogens with two attached hydrogens (primary N) is 1. The maximum atomic E-state index is 12.6. The minimum atomic E-state index is -3.58. The summed E-state index contributed by atoms with van der Waals surface area (Å²) >= 11 is 4.92. The van der Waals surface area contributed by atoms with E-state index in [1.54, 1.807) is 19.1 Å². The number of hydrogen-bond acceptors (Lipinski definition) is 4. The van der Waals surface area contributed by atoms with Crippen LogP contribution in [0, 0.1) is 6.92 Å². The number of aryl methyl sites for hydroxylation is 1. The van der Waals surface area contributed by atoms with Crippen LogP contribution in [0.4, 0.5) is 0 Å². The Hall–Kier alpha value is -1.02. The minimum absolute atomic E-state index is 0.0164. The SMILES string of the molecule is Cc1cc(S(=O)(=O)N(CCO)C2CC2)ccc1C(N)=S. The van der Waals surface area contributed by atoms with Crippen molar-refractivity contribution in [1.82, 2.24) is 4.31 Å². The lowest BCUT2D eigenvalue weighted by Gasteiger charge is -2.21. The highest BCUT2D eigenvalue weighted by molar-refractivity contribution is 7.89. The third-order valence-electron chi connectivity index (χ3n) is 3.34. The molecule has 0 aliphatic heterocycles. The van der Waals surface area contributed by atoms with Gasteiger partial charge in [-0.15, -0.1) is 0 Å². The van der Waals surface area contributed by atoms with Gasteiger partial charge in [0.15, 0.2) is 0 Å². The van der Waals surface area contributed by atoms with Crippen molar-refractivity contribution in [1.29, 1.82) is 0 Å². The first-order valence-corrected chi connectivity index (χ1v) is 8.26. The number of aliphatic hydroxyl groups is 1. The molecule has 2 rings (SSSR count). The summed E-state index contributed by atoms with van der Waals surface area (Å²) in [5.74, 6) is 0. The molecule has 0 heterocycles. The van der Waals surface area contributed by atoms with E-state index in [0.717, 1.165) is 18.4 Å². The molecule has 0 saturated heterocycles. The van der Waals surface area contributed by atoms with Gasteiger partial charge in [-0.1, -0.05) is 18.3 Å². The third kappa shape index (κ3) is 3.01. The molecule has 0 atom stereocenters. The molecule has 5 nitrogen and oxygen atoms in total. The van der Waals surface area contributed by atoms with Crippen LogP contribution in [0.1, 0.15) is 24.0 Å². The zero-order chi connectivity index (χ0) is 14.9. The lowest BCUT2D eigenvalue weighted by Crippen LogP contribution is -2.35. The molecule has 0 radical (unpaired) electrons. The predicted octanol–water partition coefficient (Wildman–Crippen LogP) is 0.775. The lowest BCUT2D eigenvalue weighted by atomic mass is 10.1. The number of thiocarbonyl (C=S) groups is 1. The van der Waals surface area contributed by atoms with Crippen molar-refractivity contribution in [2.45, 2.75) is 30.7 Å². The fraction of sp³-hybridized carbons (Fsp3) is 0.462. The molecular formula is C13H18N2O3S2. The second-order valence-electron chi connectivity index (χ2n) is 4.91. The summed E-state index contributed by atoms with van der Waals surface area (Å²) in [6, 6.07) is 4.75. The highest BCUT2D eigenvalue weighted by Crippen LogP contribution is 2.32. The second kappa shape index (κ2) is 5.77. The first kappa shape index (κ1) is 15.4. The van der Waals surface area contributed by atoms with Gasteiger partial charge in [0, 0.05) is 18.2 Å². The summed E-state index contributed by atoms with van der Waals surface area (Å²) in [6.45, 7) is 1.73. The molecule has 1 aromatic rings. The monoisotopic (exact) mass is 314 g/mol. The lowest BCUT2D eigenvalue weighted by molar-refractivity contribution is 0.250. The average molecular weight is 314 g/mol. The maximum absolute atomic E-state index is 12.6. The number of benzene rings is 1. The molecule has 0 unspecified atom stereocenters. The highest BCUT2D eigenvalue weighted by Gasteiger charge is 2.37. The van der Waals surface area contributed by atoms with Gasteiger partial charge in [-0.3, -0.25) is 0 Å². The van der Waals surface area contributed by atoms with E-state index in [1.165, 1.54) is 10.4 Å². The number of aliphatic hydroxyl groups excluding tert-OH is 1. The molecule has 7 heteroatoms. The Bertz CT molecular complexity index is 625. The molecule has 1 fully saturated rings. The van der Waals surface area contributed by atoms with Crippen LogP contribution in [-0.2, 0) is 10.0 Å². The van der Waals surface area contributed by atoms with E-state index >= 15 is 0 Å². The highest BCUT2D eigenvalue weighted by atomic mass is 32.2. The Kier molecular flexibility index (Phi) is 4.43. The Morgan fingerprint density at radius 3 is 2.60 bits per heavy atom. The average Bonchev–Trinajstić information content (AvgIpc) is 3.19. The Labute approximate surface area is 124 Å². The van der Waals surface area contributed by atoms with E-state index < -0.39 is 10.0 Å². The van der Waals surface area contributed by atoms with Crippen LogP contribution in [0.2, 0.25) is 0 Å². The van der Waals surface area contributed by atoms with Gasteiger partial charge in [-0.25, -0.2) is 8.42 Å². The molecule has 1 aliphatic carbocycles. The molecular weight excluding hydrogens is 296 g/mol. The van der Waals surface area contributed by atoms with E-state index in [2.05, 4.69) is 0 Å². The summed E-state index contributed by atoms with van der Waals surface area (Å²) in [7, 11) is -3.58. The van der Waals surface area contributed by atoms with Crippen LogP contribution in [0.3, 0.4) is 0 Å². The number of nitrogens with zero attached hydrogens (tertiary/aromatic N) is 1. The van der Waals surface area contributed by atoms with Gasteiger partial charge >= 0.3 is 0 Å². The van der Waals surface area contributed by atoms with Crippen LogP contribution in [0.15, 0.2) is 23.1 Å². The van der Waals surface area contributed by atoms with Gasteiger partial charge < -0.3 is 10.8 Å². The smallest absolute Gasteiger partial charge is 0.243 e. The van der Waals surface area contributed by atoms with Gasteiger partial charge in [0.2, 0.25) is 10.0 Å². The van der Waals surface area contributed by atoms with Crippen molar-refractivity contribution in [2.75, 3.05) is 13.2 Å². The fourth-order valence-electron chi connectivity index (χ4n) is 2.17. The van der Waals surface area contributed by atoms with Gasteiger partial charge in [0.25, 0.3) is 0 Å². The molecule has 0 spiro atoms. The summed E-state index contributed by atoms with van der Waals surface area (Å²) in [5, 5.41) is 9.06. The van der Waals surface area contributed by atoms with Gasteiger partial charge in [0.1, 0.15) is 4.99 Å². The largest absolute Gasteiger partial charge is 0.395 e. The van der Waals surface area contributed by atoms with Crippen LogP contribution in [0.5, 0.6) is 0 Å². The summed E-state index contributed by atoms with van der Waals surface area (Å²) in [5.41, 5.74) is 6.99. The van der Waals surface area contributed by atoms with Crippen LogP contribution in [-0.4, -0.2) is 42.0 Å². The maximum Gasteiger partial charge on any atom is 0.243 e. The van der Waals surface area contributed by atoms with Crippen LogP contribution in [0.25, 0.3) is 0 Å². The quantitative estimate of drug-likeness (QED) is 0.758. The van der Waals surface area contributed by atoms with Crippen molar-refractivity contribution in [3.63, 3.8) is 0 Å². The standard InChI is InChI=1S/C13H18N2O3S2/c1-9-8-11(4-5-12(9)13(14)19)20(17,18)15(6-7-16)10-2-3-10/h4-5,8,10,16H,2-3,6-7H2,1H3,(H2,14,19). The zero-order valence-corrected chi connectivity index (χ0v) is 12.9. The van der Waals surface area contributed by atoms with Gasteiger partial charge in [-0.05, 0) is 37.5 Å². The molecule has 1 aliphatic rings. The summed E-state index contributed by atoms with van der Waals surface area (Å²) in [4.78, 5) is 0.469. The molecule has 110 valence electrons. The van der Waals surface area contributed by atoms with E-state index in [4.69, 9.17) is 23.1 Å². The van der Waals surface area contributed by atoms with Crippen molar-refractivity contribution < 1.29 is 13.5 Å².